The first-order valence-corrected chi connectivity index (χ1v) is 9.42. The Bertz CT molecular complexity index is 776. The van der Waals surface area contributed by atoms with Crippen LogP contribution in [0.25, 0.3) is 0 Å². The molecule has 2 aromatic heterocycles. The van der Waals surface area contributed by atoms with Crippen LogP contribution in [-0.4, -0.2) is 54.3 Å². The monoisotopic (exact) mass is 350 g/mol. The van der Waals surface area contributed by atoms with E-state index < -0.39 is 10.0 Å². The molecule has 0 aliphatic carbocycles. The molecule has 1 aliphatic heterocycles. The molecule has 1 fully saturated rings. The van der Waals surface area contributed by atoms with E-state index in [1.54, 1.807) is 24.2 Å². The average molecular weight is 350 g/mol. The minimum Gasteiger partial charge on any atom is -0.384 e. The van der Waals surface area contributed by atoms with Crippen molar-refractivity contribution in [3.63, 3.8) is 0 Å². The first-order valence-electron chi connectivity index (χ1n) is 7.98. The van der Waals surface area contributed by atoms with Gasteiger partial charge in [-0.2, -0.15) is 9.40 Å². The molecule has 3 rings (SSSR count). The van der Waals surface area contributed by atoms with Crippen molar-refractivity contribution in [1.29, 1.82) is 0 Å². The lowest BCUT2D eigenvalue weighted by molar-refractivity contribution is 0.150. The fourth-order valence-corrected chi connectivity index (χ4v) is 4.62. The Labute approximate surface area is 142 Å². The number of ether oxygens (including phenoxy) is 1. The van der Waals surface area contributed by atoms with E-state index in [1.807, 2.05) is 25.1 Å². The Kier molecular flexibility index (Phi) is 4.98. The Hall–Kier alpha value is -1.77. The third-order valence-corrected chi connectivity index (χ3v) is 6.21. The van der Waals surface area contributed by atoms with Crippen LogP contribution in [0.1, 0.15) is 18.5 Å². The van der Waals surface area contributed by atoms with Gasteiger partial charge in [-0.05, 0) is 19.1 Å². The Morgan fingerprint density at radius 1 is 1.33 bits per heavy atom. The van der Waals surface area contributed by atoms with Crippen LogP contribution in [0.2, 0.25) is 0 Å². The number of hydrogen-bond acceptors (Lipinski definition) is 5. The highest BCUT2D eigenvalue weighted by Crippen LogP contribution is 2.34. The van der Waals surface area contributed by atoms with Crippen molar-refractivity contribution in [3.8, 4) is 0 Å². The zero-order valence-electron chi connectivity index (χ0n) is 13.9. The first-order chi connectivity index (χ1) is 11.6. The van der Waals surface area contributed by atoms with Gasteiger partial charge in [-0.15, -0.1) is 0 Å². The molecule has 0 aromatic carbocycles. The lowest BCUT2D eigenvalue weighted by Crippen LogP contribution is -2.29. The van der Waals surface area contributed by atoms with Crippen molar-refractivity contribution in [1.82, 2.24) is 19.1 Å². The normalized spacial score (nSPS) is 22.1. The van der Waals surface area contributed by atoms with Gasteiger partial charge in [0.1, 0.15) is 4.90 Å². The zero-order valence-corrected chi connectivity index (χ0v) is 14.7. The number of methoxy groups -OCH3 is 1. The number of sulfonamides is 1. The highest BCUT2D eigenvalue weighted by atomic mass is 32.2. The number of aromatic nitrogens is 3. The minimum atomic E-state index is -3.55. The van der Waals surface area contributed by atoms with Gasteiger partial charge in [0, 0.05) is 56.7 Å². The van der Waals surface area contributed by atoms with E-state index in [0.29, 0.717) is 26.2 Å². The van der Waals surface area contributed by atoms with Crippen LogP contribution in [0.15, 0.2) is 41.7 Å². The molecule has 130 valence electrons. The van der Waals surface area contributed by atoms with Crippen molar-refractivity contribution in [2.45, 2.75) is 24.3 Å². The summed E-state index contributed by atoms with van der Waals surface area (Å²) in [4.78, 5) is 4.64. The van der Waals surface area contributed by atoms with Crippen LogP contribution >= 0.6 is 0 Å². The van der Waals surface area contributed by atoms with Crippen molar-refractivity contribution in [3.05, 3.63) is 42.5 Å². The molecule has 0 N–H and O–H groups in total. The Balaban J connectivity index is 1.87. The fourth-order valence-electron chi connectivity index (χ4n) is 3.14. The molecule has 24 heavy (non-hydrogen) atoms. The number of aryl methyl sites for hydroxylation is 1. The van der Waals surface area contributed by atoms with E-state index in [9.17, 15) is 8.42 Å². The molecule has 2 aromatic rings. The fraction of sp³-hybridized carbons (Fsp3) is 0.500. The van der Waals surface area contributed by atoms with Gasteiger partial charge in [-0.25, -0.2) is 8.42 Å². The molecule has 1 saturated heterocycles. The van der Waals surface area contributed by atoms with Gasteiger partial charge in [0.05, 0.1) is 12.8 Å². The summed E-state index contributed by atoms with van der Waals surface area (Å²) in [6.45, 7) is 3.89. The second kappa shape index (κ2) is 7.00. The Morgan fingerprint density at radius 2 is 2.17 bits per heavy atom. The second-order valence-corrected chi connectivity index (χ2v) is 7.87. The molecule has 8 heteroatoms. The molecule has 0 saturated carbocycles. The van der Waals surface area contributed by atoms with Crippen molar-refractivity contribution >= 4 is 10.0 Å². The topological polar surface area (TPSA) is 77.3 Å². The van der Waals surface area contributed by atoms with E-state index in [2.05, 4.69) is 10.1 Å². The van der Waals surface area contributed by atoms with E-state index in [1.165, 1.54) is 10.5 Å². The molecule has 0 radical (unpaired) electrons. The lowest BCUT2D eigenvalue weighted by Gasteiger charge is -2.16. The summed E-state index contributed by atoms with van der Waals surface area (Å²) in [7, 11) is -1.92. The predicted octanol–water partition coefficient (Wildman–Crippen LogP) is 1.35. The predicted molar refractivity (Wildman–Crippen MR) is 89.0 cm³/mol. The Morgan fingerprint density at radius 3 is 2.79 bits per heavy atom. The molecule has 0 spiro atoms. The molecule has 0 unspecified atom stereocenters. The largest absolute Gasteiger partial charge is 0.384 e. The summed E-state index contributed by atoms with van der Waals surface area (Å²) in [6.07, 6.45) is 4.73. The van der Waals surface area contributed by atoms with Crippen LogP contribution < -0.4 is 0 Å². The SMILES string of the molecule is CCn1cc(S(=O)(=O)N2C[C@@H](COC)[C@H](c3ccccn3)C2)cn1. The quantitative estimate of drug-likeness (QED) is 0.786. The number of rotatable bonds is 6. The maximum Gasteiger partial charge on any atom is 0.246 e. The average Bonchev–Trinajstić information content (AvgIpc) is 3.23. The molecule has 0 bridgehead atoms. The van der Waals surface area contributed by atoms with Crippen molar-refractivity contribution < 1.29 is 13.2 Å². The summed E-state index contributed by atoms with van der Waals surface area (Å²) >= 11 is 0. The summed E-state index contributed by atoms with van der Waals surface area (Å²) in [5, 5.41) is 4.08. The van der Waals surface area contributed by atoms with Gasteiger partial charge in [0.15, 0.2) is 0 Å². The van der Waals surface area contributed by atoms with Crippen LogP contribution in [0.4, 0.5) is 0 Å². The van der Waals surface area contributed by atoms with E-state index >= 15 is 0 Å². The van der Waals surface area contributed by atoms with Crippen LogP contribution in [0.5, 0.6) is 0 Å². The molecule has 0 amide bonds. The molecule has 2 atom stereocenters. The van der Waals surface area contributed by atoms with Gasteiger partial charge in [-0.3, -0.25) is 9.67 Å². The second-order valence-electron chi connectivity index (χ2n) is 5.93. The number of nitrogens with zero attached hydrogens (tertiary/aromatic N) is 4. The van der Waals surface area contributed by atoms with Crippen LogP contribution in [0.3, 0.4) is 0 Å². The highest BCUT2D eigenvalue weighted by molar-refractivity contribution is 7.89. The van der Waals surface area contributed by atoms with Crippen LogP contribution in [0, 0.1) is 5.92 Å². The highest BCUT2D eigenvalue weighted by Gasteiger charge is 2.41. The third kappa shape index (κ3) is 3.22. The summed E-state index contributed by atoms with van der Waals surface area (Å²) < 4.78 is 34.2. The summed E-state index contributed by atoms with van der Waals surface area (Å²) in [5.41, 5.74) is 0.904. The molecular formula is C16H22N4O3S. The van der Waals surface area contributed by atoms with Gasteiger partial charge in [-0.1, -0.05) is 6.07 Å². The standard InChI is InChI=1S/C16H22N4O3S/c1-3-19-10-14(8-18-19)24(21,22)20-9-13(12-23-2)15(11-20)16-6-4-5-7-17-16/h4-8,10,13,15H,3,9,11-12H2,1-2H3/t13-,15+/m0/s1. The summed E-state index contributed by atoms with van der Waals surface area (Å²) in [6, 6.07) is 5.73. The molecule has 3 heterocycles. The van der Waals surface area contributed by atoms with Gasteiger partial charge < -0.3 is 4.74 Å². The maximum atomic E-state index is 12.9. The minimum absolute atomic E-state index is 0.0298. The maximum absolute atomic E-state index is 12.9. The smallest absolute Gasteiger partial charge is 0.246 e. The number of hydrogen-bond donors (Lipinski definition) is 0. The van der Waals surface area contributed by atoms with Crippen molar-refractivity contribution in [2.24, 2.45) is 5.92 Å². The number of pyridine rings is 1. The van der Waals surface area contributed by atoms with Gasteiger partial charge >= 0.3 is 0 Å². The summed E-state index contributed by atoms with van der Waals surface area (Å²) in [5.74, 6) is 0.114. The lowest BCUT2D eigenvalue weighted by atomic mass is 9.93. The molecule has 7 nitrogen and oxygen atoms in total. The van der Waals surface area contributed by atoms with E-state index in [0.717, 1.165) is 5.69 Å². The zero-order chi connectivity index (χ0) is 17.2. The van der Waals surface area contributed by atoms with Crippen molar-refractivity contribution in [2.75, 3.05) is 26.8 Å². The van der Waals surface area contributed by atoms with Gasteiger partial charge in [0.25, 0.3) is 0 Å². The van der Waals surface area contributed by atoms with Crippen LogP contribution in [-0.2, 0) is 21.3 Å². The molecule has 1 aliphatic rings. The molecular weight excluding hydrogens is 328 g/mol. The van der Waals surface area contributed by atoms with E-state index in [-0.39, 0.29) is 16.7 Å². The third-order valence-electron chi connectivity index (χ3n) is 4.43. The van der Waals surface area contributed by atoms with Gasteiger partial charge in [0.2, 0.25) is 10.0 Å². The van der Waals surface area contributed by atoms with E-state index in [4.69, 9.17) is 4.74 Å². The first kappa shape index (κ1) is 17.1.